The first-order chi connectivity index (χ1) is 13.5. The lowest BCUT2D eigenvalue weighted by molar-refractivity contribution is 0.0999. The van der Waals surface area contributed by atoms with E-state index in [2.05, 4.69) is 15.6 Å². The number of carbonyl (C=O) groups excluding carboxylic acids is 2. The summed E-state index contributed by atoms with van der Waals surface area (Å²) in [6.45, 7) is 2.31. The molecule has 3 heterocycles. The third-order valence-corrected chi connectivity index (χ3v) is 6.47. The number of hydrogen-bond acceptors (Lipinski definition) is 6. The molecule has 4 rings (SSSR count). The second-order valence-electron chi connectivity index (χ2n) is 7.14. The zero-order valence-corrected chi connectivity index (χ0v) is 16.3. The summed E-state index contributed by atoms with van der Waals surface area (Å²) in [6, 6.07) is 7.18. The second-order valence-corrected chi connectivity index (χ2v) is 8.17. The van der Waals surface area contributed by atoms with Crippen LogP contribution in [-0.4, -0.2) is 47.5 Å². The molecule has 0 spiro atoms. The van der Waals surface area contributed by atoms with Gasteiger partial charge in [0, 0.05) is 30.3 Å². The number of nitrogens with one attached hydrogen (secondary N) is 2. The smallest absolute Gasteiger partial charge is 0.318 e. The van der Waals surface area contributed by atoms with Gasteiger partial charge in [-0.2, -0.15) is 0 Å². The second kappa shape index (κ2) is 7.76. The molecule has 0 saturated carbocycles. The summed E-state index contributed by atoms with van der Waals surface area (Å²) in [7, 11) is 0. The highest BCUT2D eigenvalue weighted by Gasteiger charge is 2.37. The van der Waals surface area contributed by atoms with Gasteiger partial charge in [-0.1, -0.05) is 18.2 Å². The maximum Gasteiger partial charge on any atom is 0.318 e. The monoisotopic (exact) mass is 400 g/mol. The number of hydrogen-bond donors (Lipinski definition) is 4. The van der Waals surface area contributed by atoms with Crippen molar-refractivity contribution in [1.82, 2.24) is 20.5 Å². The van der Waals surface area contributed by atoms with Crippen LogP contribution >= 0.6 is 11.3 Å². The molecule has 9 heteroatoms. The number of fused-ring (bicyclic) bond motifs is 1. The summed E-state index contributed by atoms with van der Waals surface area (Å²) in [6.07, 6.45) is 2.41. The number of urea groups is 1. The van der Waals surface area contributed by atoms with E-state index in [4.69, 9.17) is 11.5 Å². The topological polar surface area (TPSA) is 126 Å². The Labute approximate surface area is 167 Å². The number of benzene rings is 1. The minimum absolute atomic E-state index is 0.111. The predicted octanol–water partition coefficient (Wildman–Crippen LogP) is 1.23. The van der Waals surface area contributed by atoms with Gasteiger partial charge in [-0.05, 0) is 32.0 Å². The number of carbonyl (C=O) groups is 2. The van der Waals surface area contributed by atoms with Crippen LogP contribution in [0.5, 0.6) is 0 Å². The summed E-state index contributed by atoms with van der Waals surface area (Å²) in [5.74, 6) is -0.551. The molecule has 0 radical (unpaired) electrons. The van der Waals surface area contributed by atoms with Gasteiger partial charge in [0.15, 0.2) is 5.01 Å². The van der Waals surface area contributed by atoms with Gasteiger partial charge in [0.25, 0.3) is 5.91 Å². The zero-order chi connectivity index (χ0) is 19.7. The Balaban J connectivity index is 1.69. The van der Waals surface area contributed by atoms with E-state index in [-0.39, 0.29) is 23.1 Å². The highest BCUT2D eigenvalue weighted by molar-refractivity contribution is 7.13. The quantitative estimate of drug-likeness (QED) is 0.577. The Bertz CT molecular complexity index is 892. The fraction of sp³-hybridized carbons (Fsp3) is 0.421. The SMILES string of the molecule is NC(=O)c1nc2c(s1)C(c1ccccc1N)N(C(=O)NC1CCNCC1)CC2. The summed E-state index contributed by atoms with van der Waals surface area (Å²) >= 11 is 1.25. The minimum atomic E-state index is -0.551. The van der Waals surface area contributed by atoms with Crippen LogP contribution in [-0.2, 0) is 6.42 Å². The lowest BCUT2D eigenvalue weighted by Gasteiger charge is -2.37. The van der Waals surface area contributed by atoms with Crippen LogP contribution in [0.3, 0.4) is 0 Å². The van der Waals surface area contributed by atoms with Gasteiger partial charge < -0.3 is 27.0 Å². The van der Waals surface area contributed by atoms with E-state index >= 15 is 0 Å². The van der Waals surface area contributed by atoms with Crippen molar-refractivity contribution in [2.45, 2.75) is 31.3 Å². The Kier molecular flexibility index (Phi) is 5.19. The van der Waals surface area contributed by atoms with Gasteiger partial charge in [0.1, 0.15) is 0 Å². The number of piperidine rings is 1. The molecule has 1 saturated heterocycles. The summed E-state index contributed by atoms with van der Waals surface area (Å²) in [5, 5.41) is 6.74. The van der Waals surface area contributed by atoms with Gasteiger partial charge in [0.05, 0.1) is 16.6 Å². The van der Waals surface area contributed by atoms with Crippen LogP contribution < -0.4 is 22.1 Å². The van der Waals surface area contributed by atoms with E-state index in [0.717, 1.165) is 42.1 Å². The molecule has 2 aliphatic rings. The van der Waals surface area contributed by atoms with Gasteiger partial charge in [-0.15, -0.1) is 11.3 Å². The number of para-hydroxylation sites is 1. The number of rotatable bonds is 3. The standard InChI is InChI=1S/C19H24N6O2S/c20-13-4-2-1-3-12(13)15-16-14(24-18(28-16)17(21)26)7-10-25(15)19(27)23-11-5-8-22-9-6-11/h1-4,11,15,22H,5-10,20H2,(H2,21,26)(H,23,27). The van der Waals surface area contributed by atoms with Crippen molar-refractivity contribution in [2.24, 2.45) is 5.73 Å². The molecular formula is C19H24N6O2S. The van der Waals surface area contributed by atoms with Crippen LogP contribution in [0.4, 0.5) is 10.5 Å². The lowest BCUT2D eigenvalue weighted by atomic mass is 9.96. The van der Waals surface area contributed by atoms with Crippen molar-refractivity contribution in [3.05, 3.63) is 45.4 Å². The molecule has 1 atom stereocenters. The molecule has 1 aromatic heterocycles. The number of amides is 3. The maximum atomic E-state index is 13.2. The van der Waals surface area contributed by atoms with Gasteiger partial charge >= 0.3 is 6.03 Å². The van der Waals surface area contributed by atoms with Crippen molar-refractivity contribution in [3.63, 3.8) is 0 Å². The first-order valence-corrected chi connectivity index (χ1v) is 10.3. The summed E-state index contributed by atoms with van der Waals surface area (Å²) < 4.78 is 0. The number of anilines is 1. The third-order valence-electron chi connectivity index (χ3n) is 5.31. The van der Waals surface area contributed by atoms with Crippen molar-refractivity contribution >= 4 is 29.0 Å². The molecule has 1 aromatic carbocycles. The molecule has 1 unspecified atom stereocenters. The molecule has 8 nitrogen and oxygen atoms in total. The first kappa shape index (κ1) is 18.7. The van der Waals surface area contributed by atoms with Gasteiger partial charge in [0.2, 0.25) is 0 Å². The van der Waals surface area contributed by atoms with Crippen molar-refractivity contribution < 1.29 is 9.59 Å². The largest absolute Gasteiger partial charge is 0.398 e. The number of nitrogens with two attached hydrogens (primary N) is 2. The molecular weight excluding hydrogens is 376 g/mol. The average Bonchev–Trinajstić information content (AvgIpc) is 3.13. The Morgan fingerprint density at radius 3 is 2.71 bits per heavy atom. The molecule has 2 aliphatic heterocycles. The molecule has 3 amide bonds. The number of aromatic nitrogens is 1. The van der Waals surface area contributed by atoms with Crippen molar-refractivity contribution in [2.75, 3.05) is 25.4 Å². The zero-order valence-electron chi connectivity index (χ0n) is 15.5. The summed E-state index contributed by atoms with van der Waals surface area (Å²) in [4.78, 5) is 31.9. The minimum Gasteiger partial charge on any atom is -0.398 e. The lowest BCUT2D eigenvalue weighted by Crippen LogP contribution is -2.51. The average molecular weight is 401 g/mol. The highest BCUT2D eigenvalue weighted by atomic mass is 32.1. The van der Waals surface area contributed by atoms with Crippen molar-refractivity contribution in [3.8, 4) is 0 Å². The molecule has 28 heavy (non-hydrogen) atoms. The van der Waals surface area contributed by atoms with Crippen LogP contribution in [0.15, 0.2) is 24.3 Å². The van der Waals surface area contributed by atoms with Crippen LogP contribution in [0.1, 0.15) is 44.8 Å². The first-order valence-electron chi connectivity index (χ1n) is 9.46. The van der Waals surface area contributed by atoms with E-state index < -0.39 is 5.91 Å². The van der Waals surface area contributed by atoms with Crippen LogP contribution in [0.2, 0.25) is 0 Å². The Morgan fingerprint density at radius 2 is 2.00 bits per heavy atom. The van der Waals surface area contributed by atoms with E-state index in [0.29, 0.717) is 18.7 Å². The van der Waals surface area contributed by atoms with Crippen LogP contribution in [0.25, 0.3) is 0 Å². The van der Waals surface area contributed by atoms with Crippen molar-refractivity contribution in [1.29, 1.82) is 0 Å². The van der Waals surface area contributed by atoms with E-state index in [1.165, 1.54) is 11.3 Å². The maximum absolute atomic E-state index is 13.2. The predicted molar refractivity (Wildman–Crippen MR) is 108 cm³/mol. The van der Waals surface area contributed by atoms with Crippen LogP contribution in [0, 0.1) is 0 Å². The van der Waals surface area contributed by atoms with Gasteiger partial charge in [-0.3, -0.25) is 4.79 Å². The number of thiazole rings is 1. The number of nitrogens with zero attached hydrogens (tertiary/aromatic N) is 2. The summed E-state index contributed by atoms with van der Waals surface area (Å²) in [5.41, 5.74) is 14.0. The van der Waals surface area contributed by atoms with E-state index in [1.807, 2.05) is 24.3 Å². The highest BCUT2D eigenvalue weighted by Crippen LogP contribution is 2.40. The number of primary amides is 1. The van der Waals surface area contributed by atoms with E-state index in [1.54, 1.807) is 4.90 Å². The molecule has 1 fully saturated rings. The molecule has 0 aliphatic carbocycles. The normalized spacial score (nSPS) is 19.9. The fourth-order valence-corrected chi connectivity index (χ4v) is 4.97. The Hall–Kier alpha value is -2.65. The third kappa shape index (κ3) is 3.55. The number of nitrogen functional groups attached to an aromatic ring is 1. The van der Waals surface area contributed by atoms with E-state index in [9.17, 15) is 9.59 Å². The fourth-order valence-electron chi connectivity index (χ4n) is 3.87. The molecule has 2 aromatic rings. The molecule has 148 valence electrons. The Morgan fingerprint density at radius 1 is 1.25 bits per heavy atom. The molecule has 0 bridgehead atoms. The van der Waals surface area contributed by atoms with Gasteiger partial charge in [-0.25, -0.2) is 9.78 Å². The molecule has 6 N–H and O–H groups in total.